The number of para-hydroxylation sites is 1. The van der Waals surface area contributed by atoms with Crippen molar-refractivity contribution in [3.05, 3.63) is 63.7 Å². The first-order valence-electron chi connectivity index (χ1n) is 9.55. The van der Waals surface area contributed by atoms with E-state index in [0.29, 0.717) is 44.0 Å². The molecule has 1 saturated heterocycles. The second-order valence-electron chi connectivity index (χ2n) is 6.89. The maximum absolute atomic E-state index is 12.4. The molecule has 1 fully saturated rings. The molecule has 0 aliphatic carbocycles. The van der Waals surface area contributed by atoms with E-state index in [1.165, 1.54) is 12.1 Å². The summed E-state index contributed by atoms with van der Waals surface area (Å²) in [6.07, 6.45) is 0.853. The third-order valence-electron chi connectivity index (χ3n) is 5.06. The fourth-order valence-corrected chi connectivity index (χ4v) is 3.49. The summed E-state index contributed by atoms with van der Waals surface area (Å²) in [7, 11) is 0. The Kier molecular flexibility index (Phi) is 6.42. The molecule has 3 rings (SSSR count). The molecule has 0 saturated carbocycles. The van der Waals surface area contributed by atoms with E-state index in [4.69, 9.17) is 0 Å². The minimum atomic E-state index is -0.502. The number of nitrogens with zero attached hydrogens (tertiary/aromatic N) is 4. The second-order valence-corrected chi connectivity index (χ2v) is 6.89. The third kappa shape index (κ3) is 4.89. The van der Waals surface area contributed by atoms with Crippen molar-refractivity contribution >= 4 is 23.0 Å². The maximum Gasteiger partial charge on any atom is 0.270 e. The number of rotatable bonds is 6. The highest BCUT2D eigenvalue weighted by molar-refractivity contribution is 5.93. The van der Waals surface area contributed by atoms with Gasteiger partial charge in [-0.25, -0.2) is 0 Å². The van der Waals surface area contributed by atoms with Crippen molar-refractivity contribution in [3.63, 3.8) is 0 Å². The highest BCUT2D eigenvalue weighted by Gasteiger charge is 2.22. The van der Waals surface area contributed by atoms with Gasteiger partial charge in [0.1, 0.15) is 6.07 Å². The Balaban J connectivity index is 1.57. The first-order valence-corrected chi connectivity index (χ1v) is 9.55. The van der Waals surface area contributed by atoms with Crippen LogP contribution in [0, 0.1) is 21.4 Å². The van der Waals surface area contributed by atoms with Crippen LogP contribution >= 0.6 is 0 Å². The van der Waals surface area contributed by atoms with E-state index in [9.17, 15) is 20.2 Å². The number of aryl methyl sites for hydroxylation is 1. The number of amides is 1. The van der Waals surface area contributed by atoms with E-state index in [1.54, 1.807) is 6.07 Å². The standard InChI is InChI=1S/C21H23N5O3/c1-2-16-5-3-4-6-19(16)23-21(27)15-24-9-11-25(12-10-24)20-8-7-18(26(28)29)13-17(20)14-22/h3-8,13H,2,9-12,15H2,1H3,(H,23,27). The summed E-state index contributed by atoms with van der Waals surface area (Å²) in [5, 5.41) is 23.2. The van der Waals surface area contributed by atoms with Crippen LogP contribution in [0.3, 0.4) is 0 Å². The van der Waals surface area contributed by atoms with Crippen molar-refractivity contribution in [3.8, 4) is 6.07 Å². The molecule has 1 aliphatic rings. The van der Waals surface area contributed by atoms with Crippen molar-refractivity contribution in [2.45, 2.75) is 13.3 Å². The number of nitro groups is 1. The number of piperazine rings is 1. The van der Waals surface area contributed by atoms with E-state index in [1.807, 2.05) is 35.2 Å². The van der Waals surface area contributed by atoms with Crippen LogP contribution in [0.25, 0.3) is 0 Å². The van der Waals surface area contributed by atoms with Crippen LogP contribution < -0.4 is 10.2 Å². The van der Waals surface area contributed by atoms with Crippen LogP contribution in [0.2, 0.25) is 0 Å². The Morgan fingerprint density at radius 3 is 2.59 bits per heavy atom. The quantitative estimate of drug-likeness (QED) is 0.598. The molecule has 1 aliphatic heterocycles. The Bertz CT molecular complexity index is 946. The Hall–Kier alpha value is -3.44. The summed E-state index contributed by atoms with van der Waals surface area (Å²) in [5.41, 5.74) is 2.85. The topological polar surface area (TPSA) is 103 Å². The van der Waals surface area contributed by atoms with Crippen molar-refractivity contribution in [2.24, 2.45) is 0 Å². The molecule has 1 heterocycles. The van der Waals surface area contributed by atoms with Crippen molar-refractivity contribution in [1.82, 2.24) is 4.90 Å². The van der Waals surface area contributed by atoms with Crippen LogP contribution in [0.5, 0.6) is 0 Å². The molecule has 150 valence electrons. The number of nitro benzene ring substituents is 1. The molecule has 0 bridgehead atoms. The first kappa shape index (κ1) is 20.3. The maximum atomic E-state index is 12.4. The number of hydrogen-bond donors (Lipinski definition) is 1. The molecule has 2 aromatic rings. The van der Waals surface area contributed by atoms with Crippen LogP contribution in [-0.4, -0.2) is 48.5 Å². The number of benzene rings is 2. The van der Waals surface area contributed by atoms with Crippen molar-refractivity contribution in [2.75, 3.05) is 42.9 Å². The molecule has 0 aromatic heterocycles. The minimum absolute atomic E-state index is 0.0487. The summed E-state index contributed by atoms with van der Waals surface area (Å²) in [4.78, 5) is 26.9. The predicted molar refractivity (Wildman–Crippen MR) is 111 cm³/mol. The van der Waals surface area contributed by atoms with E-state index in [-0.39, 0.29) is 11.6 Å². The number of nitriles is 1. The van der Waals surface area contributed by atoms with Gasteiger partial charge in [0.05, 0.1) is 22.7 Å². The molecule has 0 radical (unpaired) electrons. The minimum Gasteiger partial charge on any atom is -0.368 e. The Morgan fingerprint density at radius 2 is 1.93 bits per heavy atom. The zero-order chi connectivity index (χ0) is 20.8. The Labute approximate surface area is 169 Å². The summed E-state index contributed by atoms with van der Waals surface area (Å²) in [5.74, 6) is -0.0487. The molecule has 0 spiro atoms. The number of non-ortho nitro benzene ring substituents is 1. The van der Waals surface area contributed by atoms with E-state index < -0.39 is 4.92 Å². The lowest BCUT2D eigenvalue weighted by atomic mass is 10.1. The van der Waals surface area contributed by atoms with Gasteiger partial charge in [0, 0.05) is 44.0 Å². The fourth-order valence-electron chi connectivity index (χ4n) is 3.49. The van der Waals surface area contributed by atoms with E-state index in [0.717, 1.165) is 17.7 Å². The van der Waals surface area contributed by atoms with E-state index in [2.05, 4.69) is 17.1 Å². The molecule has 0 atom stereocenters. The Morgan fingerprint density at radius 1 is 1.21 bits per heavy atom. The van der Waals surface area contributed by atoms with Crippen molar-refractivity contribution in [1.29, 1.82) is 5.26 Å². The number of anilines is 2. The molecule has 2 aromatic carbocycles. The van der Waals surface area contributed by atoms with Gasteiger partial charge in [0.25, 0.3) is 5.69 Å². The zero-order valence-corrected chi connectivity index (χ0v) is 16.3. The SMILES string of the molecule is CCc1ccccc1NC(=O)CN1CCN(c2ccc([N+](=O)[O-])cc2C#N)CC1. The largest absolute Gasteiger partial charge is 0.368 e. The zero-order valence-electron chi connectivity index (χ0n) is 16.3. The molecular weight excluding hydrogens is 370 g/mol. The lowest BCUT2D eigenvalue weighted by molar-refractivity contribution is -0.384. The first-order chi connectivity index (χ1) is 14.0. The molecule has 0 unspecified atom stereocenters. The summed E-state index contributed by atoms with van der Waals surface area (Å²) in [6, 6.07) is 14.2. The molecule has 29 heavy (non-hydrogen) atoms. The highest BCUT2D eigenvalue weighted by Crippen LogP contribution is 2.26. The third-order valence-corrected chi connectivity index (χ3v) is 5.06. The van der Waals surface area contributed by atoms with Gasteiger partial charge < -0.3 is 10.2 Å². The van der Waals surface area contributed by atoms with Crippen LogP contribution in [-0.2, 0) is 11.2 Å². The molecule has 8 heteroatoms. The van der Waals surface area contributed by atoms with Gasteiger partial charge in [0.15, 0.2) is 0 Å². The fraction of sp³-hybridized carbons (Fsp3) is 0.333. The smallest absolute Gasteiger partial charge is 0.270 e. The van der Waals surface area contributed by atoms with Crippen LogP contribution in [0.4, 0.5) is 17.1 Å². The monoisotopic (exact) mass is 393 g/mol. The number of carbonyl (C=O) groups excluding carboxylic acids is 1. The van der Waals surface area contributed by atoms with Gasteiger partial charge in [-0.2, -0.15) is 5.26 Å². The predicted octanol–water partition coefficient (Wildman–Crippen LogP) is 2.79. The van der Waals surface area contributed by atoms with Crippen molar-refractivity contribution < 1.29 is 9.72 Å². The summed E-state index contributed by atoms with van der Waals surface area (Å²) in [6.45, 7) is 4.99. The summed E-state index contributed by atoms with van der Waals surface area (Å²) < 4.78 is 0. The average Bonchev–Trinajstić information content (AvgIpc) is 2.74. The normalized spacial score (nSPS) is 14.3. The van der Waals surface area contributed by atoms with E-state index >= 15 is 0 Å². The number of hydrogen-bond acceptors (Lipinski definition) is 6. The second kappa shape index (κ2) is 9.17. The van der Waals surface area contributed by atoms with Gasteiger partial charge >= 0.3 is 0 Å². The van der Waals surface area contributed by atoms with Gasteiger partial charge in [-0.1, -0.05) is 25.1 Å². The van der Waals surface area contributed by atoms with Crippen LogP contribution in [0.1, 0.15) is 18.1 Å². The molecule has 1 amide bonds. The summed E-state index contributed by atoms with van der Waals surface area (Å²) >= 11 is 0. The average molecular weight is 393 g/mol. The van der Waals surface area contributed by atoms with Gasteiger partial charge in [0.2, 0.25) is 5.91 Å². The molecular formula is C21H23N5O3. The highest BCUT2D eigenvalue weighted by atomic mass is 16.6. The number of carbonyl (C=O) groups is 1. The van der Waals surface area contributed by atoms with Gasteiger partial charge in [-0.05, 0) is 24.1 Å². The lowest BCUT2D eigenvalue weighted by Crippen LogP contribution is -2.48. The molecule has 1 N–H and O–H groups in total. The number of nitrogens with one attached hydrogen (secondary N) is 1. The van der Waals surface area contributed by atoms with Gasteiger partial charge in [-0.15, -0.1) is 0 Å². The molecule has 8 nitrogen and oxygen atoms in total. The lowest BCUT2D eigenvalue weighted by Gasteiger charge is -2.36. The van der Waals surface area contributed by atoms with Gasteiger partial charge in [-0.3, -0.25) is 19.8 Å². The van der Waals surface area contributed by atoms with Crippen LogP contribution in [0.15, 0.2) is 42.5 Å².